The molecule has 0 saturated heterocycles. The molecule has 2 aromatic heterocycles. The molecule has 1 aromatic carbocycles. The minimum Gasteiger partial charge on any atom is -0.493 e. The molecule has 3 aromatic rings. The van der Waals surface area contributed by atoms with Crippen molar-refractivity contribution in [2.24, 2.45) is 0 Å². The average Bonchev–Trinajstić information content (AvgIpc) is 3.05. The number of nitrogens with zero attached hydrogens (tertiary/aromatic N) is 2. The van der Waals surface area contributed by atoms with Crippen molar-refractivity contribution in [2.45, 2.75) is 13.3 Å². The fraction of sp³-hybridized carbons (Fsp3) is 0.238. The van der Waals surface area contributed by atoms with E-state index in [0.717, 1.165) is 28.5 Å². The molecule has 0 radical (unpaired) electrons. The van der Waals surface area contributed by atoms with Crippen LogP contribution in [0.1, 0.15) is 28.1 Å². The van der Waals surface area contributed by atoms with Crippen LogP contribution in [0.4, 0.5) is 0 Å². The van der Waals surface area contributed by atoms with Crippen molar-refractivity contribution in [3.8, 4) is 5.75 Å². The van der Waals surface area contributed by atoms with Crippen molar-refractivity contribution in [3.63, 3.8) is 0 Å². The average molecular weight is 348 g/mol. The van der Waals surface area contributed by atoms with Gasteiger partial charge in [-0.25, -0.2) is 0 Å². The van der Waals surface area contributed by atoms with Gasteiger partial charge in [0.15, 0.2) is 17.1 Å². The van der Waals surface area contributed by atoms with Gasteiger partial charge in [0.25, 0.3) is 5.91 Å². The minimum atomic E-state index is -0.0830. The van der Waals surface area contributed by atoms with E-state index in [2.05, 4.69) is 11.1 Å². The van der Waals surface area contributed by atoms with E-state index in [1.807, 2.05) is 42.2 Å². The van der Waals surface area contributed by atoms with Gasteiger partial charge in [0.1, 0.15) is 0 Å². The number of ether oxygens (including phenoxy) is 1. The normalized spacial score (nSPS) is 14.4. The zero-order valence-electron chi connectivity index (χ0n) is 14.9. The van der Waals surface area contributed by atoms with Gasteiger partial charge in [0.2, 0.25) is 0 Å². The Morgan fingerprint density at radius 2 is 2.04 bits per heavy atom. The summed E-state index contributed by atoms with van der Waals surface area (Å²) in [5.74, 6) is 0.946. The van der Waals surface area contributed by atoms with E-state index in [1.165, 1.54) is 0 Å². The van der Waals surface area contributed by atoms with E-state index in [1.54, 1.807) is 19.5 Å². The summed E-state index contributed by atoms with van der Waals surface area (Å²) in [5.41, 5.74) is 3.71. The molecule has 0 bridgehead atoms. The molecule has 5 heteroatoms. The second-order valence-electron chi connectivity index (χ2n) is 6.37. The van der Waals surface area contributed by atoms with Gasteiger partial charge in [0, 0.05) is 36.4 Å². The second-order valence-corrected chi connectivity index (χ2v) is 6.37. The maximum atomic E-state index is 13.1. The van der Waals surface area contributed by atoms with E-state index in [0.29, 0.717) is 30.2 Å². The van der Waals surface area contributed by atoms with Crippen LogP contribution < -0.4 is 4.74 Å². The van der Waals surface area contributed by atoms with Gasteiger partial charge in [0.05, 0.1) is 7.11 Å². The van der Waals surface area contributed by atoms with Gasteiger partial charge >= 0.3 is 0 Å². The van der Waals surface area contributed by atoms with E-state index in [9.17, 15) is 4.79 Å². The Labute approximate surface area is 151 Å². The van der Waals surface area contributed by atoms with Crippen molar-refractivity contribution in [1.82, 2.24) is 9.88 Å². The monoisotopic (exact) mass is 348 g/mol. The molecule has 1 aliphatic heterocycles. The summed E-state index contributed by atoms with van der Waals surface area (Å²) in [6.07, 6.45) is 6.55. The van der Waals surface area contributed by atoms with Crippen molar-refractivity contribution in [2.75, 3.05) is 20.2 Å². The zero-order valence-corrected chi connectivity index (χ0v) is 14.9. The maximum Gasteiger partial charge on any atom is 0.290 e. The molecule has 132 valence electrons. The number of rotatable bonds is 3. The summed E-state index contributed by atoms with van der Waals surface area (Å²) in [7, 11) is 1.60. The number of methoxy groups -OCH3 is 1. The van der Waals surface area contributed by atoms with E-state index >= 15 is 0 Å². The first-order chi connectivity index (χ1) is 12.7. The Balaban J connectivity index is 1.65. The number of hydrogen-bond donors (Lipinski definition) is 0. The molecule has 1 amide bonds. The molecule has 4 rings (SSSR count). The van der Waals surface area contributed by atoms with Gasteiger partial charge in [-0.3, -0.25) is 9.78 Å². The van der Waals surface area contributed by atoms with Crippen LogP contribution in [0.3, 0.4) is 0 Å². The van der Waals surface area contributed by atoms with Crippen molar-refractivity contribution >= 4 is 22.4 Å². The standard InChI is InChI=1S/C21H20N2O3/c1-14-17-6-3-7-18(25-2)20(17)26-19(14)21(24)23-12-4-5-16(13-23)15-8-10-22-11-9-15/h3,5-11H,4,12-13H2,1-2H3. The molecule has 0 aliphatic carbocycles. The van der Waals surface area contributed by atoms with Crippen LogP contribution in [0.25, 0.3) is 16.5 Å². The molecule has 0 unspecified atom stereocenters. The Morgan fingerprint density at radius 3 is 2.81 bits per heavy atom. The third-order valence-corrected chi connectivity index (χ3v) is 4.83. The molecule has 0 N–H and O–H groups in total. The summed E-state index contributed by atoms with van der Waals surface area (Å²) in [4.78, 5) is 19.0. The summed E-state index contributed by atoms with van der Waals surface area (Å²) < 4.78 is 11.3. The molecule has 0 spiro atoms. The predicted molar refractivity (Wildman–Crippen MR) is 100 cm³/mol. The number of hydrogen-bond acceptors (Lipinski definition) is 4. The van der Waals surface area contributed by atoms with E-state index in [4.69, 9.17) is 9.15 Å². The highest BCUT2D eigenvalue weighted by Gasteiger charge is 2.26. The predicted octanol–water partition coefficient (Wildman–Crippen LogP) is 4.07. The summed E-state index contributed by atoms with van der Waals surface area (Å²) in [6.45, 7) is 3.17. The number of benzene rings is 1. The van der Waals surface area contributed by atoms with E-state index in [-0.39, 0.29) is 5.91 Å². The first-order valence-electron chi connectivity index (χ1n) is 8.64. The SMILES string of the molecule is COc1cccc2c(C)c(C(=O)N3CCC=C(c4ccncc4)C3)oc12. The number of pyridine rings is 1. The lowest BCUT2D eigenvalue weighted by atomic mass is 10.0. The lowest BCUT2D eigenvalue weighted by Crippen LogP contribution is -2.35. The second kappa shape index (κ2) is 6.67. The third kappa shape index (κ3) is 2.75. The lowest BCUT2D eigenvalue weighted by Gasteiger charge is -2.27. The third-order valence-electron chi connectivity index (χ3n) is 4.83. The minimum absolute atomic E-state index is 0.0830. The molecular weight excluding hydrogens is 328 g/mol. The molecule has 1 aliphatic rings. The maximum absolute atomic E-state index is 13.1. The smallest absolute Gasteiger partial charge is 0.290 e. The van der Waals surface area contributed by atoms with Crippen LogP contribution in [-0.2, 0) is 0 Å². The molecular formula is C21H20N2O3. The molecule has 26 heavy (non-hydrogen) atoms. The summed E-state index contributed by atoms with van der Waals surface area (Å²) in [6, 6.07) is 9.63. The highest BCUT2D eigenvalue weighted by Crippen LogP contribution is 2.33. The Morgan fingerprint density at radius 1 is 1.23 bits per heavy atom. The highest BCUT2D eigenvalue weighted by molar-refractivity contribution is 6.00. The van der Waals surface area contributed by atoms with Crippen molar-refractivity contribution in [1.29, 1.82) is 0 Å². The van der Waals surface area contributed by atoms with Crippen LogP contribution >= 0.6 is 0 Å². The largest absolute Gasteiger partial charge is 0.493 e. The number of aryl methyl sites for hydroxylation is 1. The molecule has 0 atom stereocenters. The van der Waals surface area contributed by atoms with Crippen LogP contribution in [0.2, 0.25) is 0 Å². The van der Waals surface area contributed by atoms with E-state index < -0.39 is 0 Å². The zero-order chi connectivity index (χ0) is 18.1. The first-order valence-corrected chi connectivity index (χ1v) is 8.64. The Kier molecular flexibility index (Phi) is 4.21. The molecule has 5 nitrogen and oxygen atoms in total. The fourth-order valence-corrected chi connectivity index (χ4v) is 3.42. The molecule has 0 fully saturated rings. The van der Waals surface area contributed by atoms with Crippen molar-refractivity contribution < 1.29 is 13.9 Å². The summed E-state index contributed by atoms with van der Waals surface area (Å²) in [5, 5.41) is 0.912. The van der Waals surface area contributed by atoms with Gasteiger partial charge in [-0.1, -0.05) is 18.2 Å². The van der Waals surface area contributed by atoms with Crippen LogP contribution in [0, 0.1) is 6.92 Å². The highest BCUT2D eigenvalue weighted by atomic mass is 16.5. The van der Waals surface area contributed by atoms with Crippen molar-refractivity contribution in [3.05, 3.63) is 65.7 Å². The van der Waals surface area contributed by atoms with Gasteiger partial charge in [-0.05, 0) is 42.7 Å². The van der Waals surface area contributed by atoms with Gasteiger partial charge in [-0.15, -0.1) is 0 Å². The first kappa shape index (κ1) is 16.4. The fourth-order valence-electron chi connectivity index (χ4n) is 3.42. The number of aromatic nitrogens is 1. The lowest BCUT2D eigenvalue weighted by molar-refractivity contribution is 0.0744. The van der Waals surface area contributed by atoms with Crippen LogP contribution in [0.5, 0.6) is 5.75 Å². The molecule has 3 heterocycles. The number of carbonyl (C=O) groups is 1. The van der Waals surface area contributed by atoms with Crippen LogP contribution in [-0.4, -0.2) is 36.0 Å². The Bertz CT molecular complexity index is 989. The van der Waals surface area contributed by atoms with Crippen LogP contribution in [0.15, 0.2) is 53.2 Å². The topological polar surface area (TPSA) is 55.6 Å². The number of furan rings is 1. The number of fused-ring (bicyclic) bond motifs is 1. The number of amides is 1. The summed E-state index contributed by atoms with van der Waals surface area (Å²) >= 11 is 0. The number of para-hydroxylation sites is 1. The Hall–Kier alpha value is -3.08. The van der Waals surface area contributed by atoms with Gasteiger partial charge in [-0.2, -0.15) is 0 Å². The quantitative estimate of drug-likeness (QED) is 0.716. The van der Waals surface area contributed by atoms with Gasteiger partial charge < -0.3 is 14.1 Å². The number of carbonyl (C=O) groups excluding carboxylic acids is 1. The molecule has 0 saturated carbocycles.